The highest BCUT2D eigenvalue weighted by Crippen LogP contribution is 2.31. The summed E-state index contributed by atoms with van der Waals surface area (Å²) in [6.45, 7) is 4.90. The number of aromatic amines is 1. The minimum Gasteiger partial charge on any atom is -0.490 e. The second kappa shape index (κ2) is 7.97. The molecular formula is C19H21FN4O2. The second-order valence-electron chi connectivity index (χ2n) is 5.60. The lowest BCUT2D eigenvalue weighted by Crippen LogP contribution is -2.14. The first-order valence-electron chi connectivity index (χ1n) is 8.45. The average Bonchev–Trinajstić information content (AvgIpc) is 3.13. The molecule has 1 unspecified atom stereocenters. The van der Waals surface area contributed by atoms with Gasteiger partial charge in [-0.15, -0.1) is 0 Å². The van der Waals surface area contributed by atoms with Crippen molar-refractivity contribution in [1.82, 2.24) is 15.2 Å². The van der Waals surface area contributed by atoms with E-state index >= 15 is 0 Å². The van der Waals surface area contributed by atoms with Crippen LogP contribution in [-0.2, 0) is 0 Å². The molecule has 0 bridgehead atoms. The van der Waals surface area contributed by atoms with Gasteiger partial charge in [-0.1, -0.05) is 6.07 Å². The van der Waals surface area contributed by atoms with E-state index in [9.17, 15) is 4.39 Å². The topological polar surface area (TPSA) is 86.0 Å². The van der Waals surface area contributed by atoms with Gasteiger partial charge in [-0.3, -0.25) is 5.10 Å². The molecule has 26 heavy (non-hydrogen) atoms. The van der Waals surface area contributed by atoms with Crippen LogP contribution in [0.2, 0.25) is 0 Å². The molecule has 0 spiro atoms. The normalized spacial score (nSPS) is 12.0. The number of nitrogens with one attached hydrogen (secondary N) is 1. The van der Waals surface area contributed by atoms with E-state index in [1.54, 1.807) is 12.1 Å². The molecule has 1 atom stereocenters. The molecule has 6 nitrogen and oxygen atoms in total. The third kappa shape index (κ3) is 3.83. The molecule has 1 aromatic heterocycles. The van der Waals surface area contributed by atoms with Crippen LogP contribution in [0.1, 0.15) is 31.3 Å². The number of nitrogens with two attached hydrogens (primary N) is 1. The maximum atomic E-state index is 13.1. The second-order valence-corrected chi connectivity index (χ2v) is 5.60. The molecule has 0 amide bonds. The monoisotopic (exact) mass is 356 g/mol. The average molecular weight is 356 g/mol. The molecule has 0 fully saturated rings. The van der Waals surface area contributed by atoms with Gasteiger partial charge in [-0.2, -0.15) is 5.10 Å². The minimum absolute atomic E-state index is 0.306. The maximum Gasteiger partial charge on any atom is 0.181 e. The molecule has 136 valence electrons. The molecule has 0 saturated heterocycles. The molecule has 0 aliphatic carbocycles. The highest BCUT2D eigenvalue weighted by Gasteiger charge is 2.17. The zero-order chi connectivity index (χ0) is 18.5. The number of hydrogen-bond acceptors (Lipinski definition) is 5. The molecule has 0 saturated carbocycles. The summed E-state index contributed by atoms with van der Waals surface area (Å²) < 4.78 is 24.3. The lowest BCUT2D eigenvalue weighted by atomic mass is 10.1. The Labute approximate surface area is 151 Å². The van der Waals surface area contributed by atoms with Crippen molar-refractivity contribution in [2.45, 2.75) is 19.9 Å². The Kier molecular flexibility index (Phi) is 5.48. The van der Waals surface area contributed by atoms with Gasteiger partial charge in [-0.05, 0) is 55.8 Å². The quantitative estimate of drug-likeness (QED) is 0.677. The third-order valence-corrected chi connectivity index (χ3v) is 3.83. The number of aromatic nitrogens is 3. The smallest absolute Gasteiger partial charge is 0.181 e. The summed E-state index contributed by atoms with van der Waals surface area (Å²) in [6.07, 6.45) is 0. The zero-order valence-electron chi connectivity index (χ0n) is 14.7. The summed E-state index contributed by atoms with van der Waals surface area (Å²) in [5.41, 5.74) is 7.86. The molecule has 0 aliphatic rings. The number of hydrogen-bond donors (Lipinski definition) is 2. The lowest BCUT2D eigenvalue weighted by molar-refractivity contribution is 0.287. The van der Waals surface area contributed by atoms with Crippen LogP contribution in [0.4, 0.5) is 4.39 Å². The molecule has 7 heteroatoms. The summed E-state index contributed by atoms with van der Waals surface area (Å²) in [4.78, 5) is 4.43. The Hall–Kier alpha value is -2.93. The first-order chi connectivity index (χ1) is 12.6. The van der Waals surface area contributed by atoms with Gasteiger partial charge < -0.3 is 15.2 Å². The van der Waals surface area contributed by atoms with Gasteiger partial charge in [-0.25, -0.2) is 9.37 Å². The Morgan fingerprint density at radius 1 is 1.04 bits per heavy atom. The molecule has 0 radical (unpaired) electrons. The standard InChI is InChI=1S/C19H21FN4O2/c1-3-25-15-10-7-13(11-16(15)26-4-2)17(21)19-22-18(23-24-19)12-5-8-14(20)9-6-12/h5-11,17H,3-4,21H2,1-2H3,(H,22,23,24). The van der Waals surface area contributed by atoms with Crippen LogP contribution in [0.5, 0.6) is 11.5 Å². The molecule has 2 aromatic carbocycles. The number of benzene rings is 2. The Morgan fingerprint density at radius 3 is 2.42 bits per heavy atom. The molecule has 3 N–H and O–H groups in total. The molecule has 1 heterocycles. The van der Waals surface area contributed by atoms with Gasteiger partial charge >= 0.3 is 0 Å². The number of ether oxygens (including phenoxy) is 2. The van der Waals surface area contributed by atoms with Crippen LogP contribution >= 0.6 is 0 Å². The van der Waals surface area contributed by atoms with E-state index in [2.05, 4.69) is 15.2 Å². The molecular weight excluding hydrogens is 335 g/mol. The van der Waals surface area contributed by atoms with Gasteiger partial charge in [0.2, 0.25) is 0 Å². The Morgan fingerprint density at radius 2 is 1.73 bits per heavy atom. The molecule has 3 rings (SSSR count). The molecule has 3 aromatic rings. The van der Waals surface area contributed by atoms with Gasteiger partial charge in [0.1, 0.15) is 11.6 Å². The highest BCUT2D eigenvalue weighted by molar-refractivity contribution is 5.54. The minimum atomic E-state index is -0.508. The summed E-state index contributed by atoms with van der Waals surface area (Å²) in [5.74, 6) is 1.98. The lowest BCUT2D eigenvalue weighted by Gasteiger charge is -2.14. The van der Waals surface area contributed by atoms with E-state index in [1.165, 1.54) is 12.1 Å². The van der Waals surface area contributed by atoms with E-state index in [4.69, 9.17) is 15.2 Å². The van der Waals surface area contributed by atoms with Crippen molar-refractivity contribution in [2.24, 2.45) is 5.73 Å². The van der Waals surface area contributed by atoms with Crippen molar-refractivity contribution in [1.29, 1.82) is 0 Å². The van der Waals surface area contributed by atoms with E-state index in [-0.39, 0.29) is 5.82 Å². The van der Waals surface area contributed by atoms with Gasteiger partial charge in [0, 0.05) is 5.56 Å². The van der Waals surface area contributed by atoms with Crippen molar-refractivity contribution in [3.8, 4) is 22.9 Å². The van der Waals surface area contributed by atoms with Gasteiger partial charge in [0.25, 0.3) is 0 Å². The first kappa shape index (κ1) is 17.9. The maximum absolute atomic E-state index is 13.1. The van der Waals surface area contributed by atoms with Gasteiger partial charge in [0.05, 0.1) is 19.3 Å². The van der Waals surface area contributed by atoms with Crippen LogP contribution < -0.4 is 15.2 Å². The van der Waals surface area contributed by atoms with Crippen molar-refractivity contribution in [3.05, 3.63) is 59.7 Å². The first-order valence-corrected chi connectivity index (χ1v) is 8.45. The molecule has 0 aliphatic heterocycles. The number of rotatable bonds is 7. The van der Waals surface area contributed by atoms with E-state index < -0.39 is 6.04 Å². The van der Waals surface area contributed by atoms with E-state index in [1.807, 2.05) is 32.0 Å². The number of nitrogens with zero attached hydrogens (tertiary/aromatic N) is 2. The zero-order valence-corrected chi connectivity index (χ0v) is 14.7. The van der Waals surface area contributed by atoms with Crippen LogP contribution in [0.15, 0.2) is 42.5 Å². The Balaban J connectivity index is 1.86. The summed E-state index contributed by atoms with van der Waals surface area (Å²) in [6, 6.07) is 11.0. The van der Waals surface area contributed by atoms with E-state index in [0.29, 0.717) is 41.9 Å². The Bertz CT molecular complexity index is 864. The fourth-order valence-electron chi connectivity index (χ4n) is 2.56. The highest BCUT2D eigenvalue weighted by atomic mass is 19.1. The largest absolute Gasteiger partial charge is 0.490 e. The summed E-state index contributed by atoms with van der Waals surface area (Å²) in [7, 11) is 0. The van der Waals surface area contributed by atoms with Gasteiger partial charge in [0.15, 0.2) is 17.3 Å². The van der Waals surface area contributed by atoms with Crippen LogP contribution in [0, 0.1) is 5.82 Å². The predicted molar refractivity (Wildman–Crippen MR) is 96.6 cm³/mol. The number of halogens is 1. The summed E-state index contributed by atoms with van der Waals surface area (Å²) >= 11 is 0. The third-order valence-electron chi connectivity index (χ3n) is 3.83. The van der Waals surface area contributed by atoms with Crippen molar-refractivity contribution < 1.29 is 13.9 Å². The van der Waals surface area contributed by atoms with Crippen molar-refractivity contribution in [2.75, 3.05) is 13.2 Å². The summed E-state index contributed by atoms with van der Waals surface area (Å²) in [5, 5.41) is 7.03. The van der Waals surface area contributed by atoms with E-state index in [0.717, 1.165) is 5.56 Å². The van der Waals surface area contributed by atoms with Crippen LogP contribution in [0.25, 0.3) is 11.4 Å². The number of H-pyrrole nitrogens is 1. The van der Waals surface area contributed by atoms with Crippen LogP contribution in [0.3, 0.4) is 0 Å². The fraction of sp³-hybridized carbons (Fsp3) is 0.263. The SMILES string of the molecule is CCOc1ccc(C(N)c2nc(-c3ccc(F)cc3)n[nH]2)cc1OCC. The van der Waals surface area contributed by atoms with Crippen molar-refractivity contribution >= 4 is 0 Å². The predicted octanol–water partition coefficient (Wildman–Crippen LogP) is 3.46. The fourth-order valence-corrected chi connectivity index (χ4v) is 2.56. The van der Waals surface area contributed by atoms with Crippen molar-refractivity contribution in [3.63, 3.8) is 0 Å². The van der Waals surface area contributed by atoms with Crippen LogP contribution in [-0.4, -0.2) is 28.4 Å².